The van der Waals surface area contributed by atoms with Gasteiger partial charge in [0.2, 0.25) is 0 Å². The average molecular weight is 552 g/mol. The van der Waals surface area contributed by atoms with Gasteiger partial charge in [-0.05, 0) is 69.6 Å². The van der Waals surface area contributed by atoms with Crippen LogP contribution in [0.15, 0.2) is 89.7 Å². The first-order valence-corrected chi connectivity index (χ1v) is 14.5. The Balaban J connectivity index is 1.67. The molecule has 5 rings (SSSR count). The summed E-state index contributed by atoms with van der Waals surface area (Å²) >= 11 is 0. The zero-order valence-electron chi connectivity index (χ0n) is 23.8. The third-order valence-electron chi connectivity index (χ3n) is 7.76. The minimum absolute atomic E-state index is 0.127. The molecule has 2 heterocycles. The number of para-hydroxylation sites is 2. The number of fused-ring (bicyclic) bond motifs is 1. The van der Waals surface area contributed by atoms with Crippen molar-refractivity contribution in [2.45, 2.75) is 39.7 Å². The van der Waals surface area contributed by atoms with Crippen molar-refractivity contribution in [2.24, 2.45) is 5.92 Å². The van der Waals surface area contributed by atoms with Gasteiger partial charge in [-0.1, -0.05) is 61.5 Å². The second-order valence-electron chi connectivity index (χ2n) is 10.4. The Morgan fingerprint density at radius 2 is 1.46 bits per heavy atom. The Morgan fingerprint density at radius 1 is 0.854 bits per heavy atom. The molecule has 0 unspecified atom stereocenters. The van der Waals surface area contributed by atoms with Gasteiger partial charge < -0.3 is 9.64 Å². The van der Waals surface area contributed by atoms with Crippen LogP contribution in [-0.4, -0.2) is 47.6 Å². The summed E-state index contributed by atoms with van der Waals surface area (Å²) in [5.74, 6) is -0.401. The molecule has 1 saturated heterocycles. The van der Waals surface area contributed by atoms with E-state index >= 15 is 0 Å². The van der Waals surface area contributed by atoms with E-state index in [1.165, 1.54) is 0 Å². The summed E-state index contributed by atoms with van der Waals surface area (Å²) in [5, 5.41) is 1.16. The predicted octanol–water partition coefficient (Wildman–Crippen LogP) is 5.82. The lowest BCUT2D eigenvalue weighted by Gasteiger charge is -2.33. The monoisotopic (exact) mass is 551 g/mol. The number of ether oxygens (including phenoxy) is 1. The van der Waals surface area contributed by atoms with E-state index < -0.39 is 0 Å². The standard InChI is InChI=1S/C34H37N3O4/c1-3-21-36(26-13-7-5-8-14-26)33(39)31-28-17-11-12-18-29(28)32(38)37(27-15-9-6-10-16-27)30(31)24-35-22-19-25(20-23-35)34(40)41-4-2/h5-18,25H,3-4,19-24H2,1-2H3. The number of amides is 1. The molecule has 0 aliphatic carbocycles. The van der Waals surface area contributed by atoms with Crippen LogP contribution in [-0.2, 0) is 16.1 Å². The maximum atomic E-state index is 14.7. The summed E-state index contributed by atoms with van der Waals surface area (Å²) in [6, 6.07) is 26.6. The second kappa shape index (κ2) is 13.0. The zero-order chi connectivity index (χ0) is 28.8. The number of rotatable bonds is 9. The van der Waals surface area contributed by atoms with Gasteiger partial charge in [-0.2, -0.15) is 0 Å². The van der Waals surface area contributed by atoms with Crippen LogP contribution in [0.3, 0.4) is 0 Å². The smallest absolute Gasteiger partial charge is 0.309 e. The molecular formula is C34H37N3O4. The molecule has 1 amide bonds. The van der Waals surface area contributed by atoms with E-state index in [0.29, 0.717) is 67.7 Å². The zero-order valence-corrected chi connectivity index (χ0v) is 23.8. The molecule has 0 N–H and O–H groups in total. The van der Waals surface area contributed by atoms with Gasteiger partial charge in [0.05, 0.1) is 23.8 Å². The van der Waals surface area contributed by atoms with Crippen molar-refractivity contribution in [3.05, 3.63) is 107 Å². The van der Waals surface area contributed by atoms with E-state index in [4.69, 9.17) is 4.74 Å². The van der Waals surface area contributed by atoms with Crippen LogP contribution in [0.1, 0.15) is 49.2 Å². The SMILES string of the molecule is CCCN(C(=O)c1c(CN2CCC(C(=O)OCC)CC2)n(-c2ccccc2)c(=O)c2ccccc12)c1ccccc1. The van der Waals surface area contributed by atoms with Gasteiger partial charge >= 0.3 is 5.97 Å². The van der Waals surface area contributed by atoms with E-state index in [9.17, 15) is 14.4 Å². The normalized spacial score (nSPS) is 14.2. The Bertz CT molecular complexity index is 1560. The second-order valence-corrected chi connectivity index (χ2v) is 10.4. The number of anilines is 1. The molecule has 4 aromatic rings. The van der Waals surface area contributed by atoms with E-state index in [2.05, 4.69) is 11.8 Å². The lowest BCUT2D eigenvalue weighted by atomic mass is 9.96. The number of likely N-dealkylation sites (tertiary alicyclic amines) is 1. The highest BCUT2D eigenvalue weighted by atomic mass is 16.5. The van der Waals surface area contributed by atoms with Crippen molar-refractivity contribution in [1.82, 2.24) is 9.47 Å². The Labute approximate surface area is 241 Å². The fourth-order valence-corrected chi connectivity index (χ4v) is 5.75. The Hall–Kier alpha value is -4.23. The number of hydrogen-bond acceptors (Lipinski definition) is 5. The highest BCUT2D eigenvalue weighted by Gasteiger charge is 2.31. The number of piperidine rings is 1. The topological polar surface area (TPSA) is 71.9 Å². The molecule has 7 heteroatoms. The maximum Gasteiger partial charge on any atom is 0.309 e. The van der Waals surface area contributed by atoms with Crippen molar-refractivity contribution in [3.8, 4) is 5.69 Å². The number of carbonyl (C=O) groups excluding carboxylic acids is 2. The number of hydrogen-bond donors (Lipinski definition) is 0. The number of esters is 1. The quantitative estimate of drug-likeness (QED) is 0.245. The van der Waals surface area contributed by atoms with Crippen LogP contribution in [0.4, 0.5) is 5.69 Å². The van der Waals surface area contributed by atoms with E-state index in [1.807, 2.05) is 90.7 Å². The first kappa shape index (κ1) is 28.3. The third kappa shape index (κ3) is 5.95. The fourth-order valence-electron chi connectivity index (χ4n) is 5.75. The molecule has 0 bridgehead atoms. The van der Waals surface area contributed by atoms with Gasteiger partial charge in [0, 0.05) is 35.2 Å². The van der Waals surface area contributed by atoms with E-state index in [1.54, 1.807) is 10.6 Å². The minimum Gasteiger partial charge on any atom is -0.466 e. The number of nitrogens with zero attached hydrogens (tertiary/aromatic N) is 3. The number of carbonyl (C=O) groups is 2. The summed E-state index contributed by atoms with van der Waals surface area (Å²) < 4.78 is 6.98. The van der Waals surface area contributed by atoms with Gasteiger partial charge in [-0.25, -0.2) is 0 Å². The number of pyridine rings is 1. The van der Waals surface area contributed by atoms with Crippen LogP contribution >= 0.6 is 0 Å². The molecule has 1 fully saturated rings. The number of benzene rings is 3. The molecule has 41 heavy (non-hydrogen) atoms. The molecule has 3 aromatic carbocycles. The van der Waals surface area contributed by atoms with Crippen LogP contribution in [0.25, 0.3) is 16.5 Å². The van der Waals surface area contributed by atoms with Crippen molar-refractivity contribution in [3.63, 3.8) is 0 Å². The lowest BCUT2D eigenvalue weighted by molar-refractivity contribution is -0.149. The van der Waals surface area contributed by atoms with Gasteiger partial charge in [0.1, 0.15) is 0 Å². The molecular weight excluding hydrogens is 514 g/mol. The maximum absolute atomic E-state index is 14.7. The van der Waals surface area contributed by atoms with Crippen molar-refractivity contribution in [1.29, 1.82) is 0 Å². The molecule has 1 aromatic heterocycles. The molecule has 212 valence electrons. The van der Waals surface area contributed by atoms with Gasteiger partial charge in [0.25, 0.3) is 11.5 Å². The summed E-state index contributed by atoms with van der Waals surface area (Å²) in [4.78, 5) is 45.2. The molecule has 1 aliphatic heterocycles. The lowest BCUT2D eigenvalue weighted by Crippen LogP contribution is -2.40. The van der Waals surface area contributed by atoms with Crippen LogP contribution in [0.2, 0.25) is 0 Å². The first-order valence-electron chi connectivity index (χ1n) is 14.5. The van der Waals surface area contributed by atoms with Gasteiger partial charge in [-0.15, -0.1) is 0 Å². The third-order valence-corrected chi connectivity index (χ3v) is 7.76. The molecule has 0 atom stereocenters. The Kier molecular flexibility index (Phi) is 8.95. The van der Waals surface area contributed by atoms with Crippen molar-refractivity contribution in [2.75, 3.05) is 31.1 Å². The van der Waals surface area contributed by atoms with Crippen LogP contribution < -0.4 is 10.5 Å². The minimum atomic E-state index is -0.151. The first-order chi connectivity index (χ1) is 20.0. The van der Waals surface area contributed by atoms with Gasteiger partial charge in [-0.3, -0.25) is 23.9 Å². The predicted molar refractivity (Wildman–Crippen MR) is 163 cm³/mol. The summed E-state index contributed by atoms with van der Waals surface area (Å²) in [6.45, 7) is 6.55. The molecule has 7 nitrogen and oxygen atoms in total. The van der Waals surface area contributed by atoms with Gasteiger partial charge in [0.15, 0.2) is 0 Å². The number of aromatic nitrogens is 1. The molecule has 0 radical (unpaired) electrons. The summed E-state index contributed by atoms with van der Waals surface area (Å²) in [7, 11) is 0. The van der Waals surface area contributed by atoms with Crippen molar-refractivity contribution < 1.29 is 14.3 Å². The fraction of sp³-hybridized carbons (Fsp3) is 0.324. The molecule has 0 saturated carbocycles. The molecule has 1 aliphatic rings. The largest absolute Gasteiger partial charge is 0.466 e. The summed E-state index contributed by atoms with van der Waals surface area (Å²) in [6.07, 6.45) is 2.14. The van der Waals surface area contributed by atoms with Crippen LogP contribution in [0.5, 0.6) is 0 Å². The van der Waals surface area contributed by atoms with E-state index in [0.717, 1.165) is 17.8 Å². The highest BCUT2D eigenvalue weighted by Crippen LogP contribution is 2.29. The average Bonchev–Trinajstić information content (AvgIpc) is 3.01. The summed E-state index contributed by atoms with van der Waals surface area (Å²) in [5.41, 5.74) is 2.59. The molecule has 0 spiro atoms. The van der Waals surface area contributed by atoms with Crippen LogP contribution in [0, 0.1) is 5.92 Å². The van der Waals surface area contributed by atoms with E-state index in [-0.39, 0.29) is 23.4 Å². The highest BCUT2D eigenvalue weighted by molar-refractivity contribution is 6.15. The Morgan fingerprint density at radius 3 is 2.10 bits per heavy atom. The van der Waals surface area contributed by atoms with Crippen molar-refractivity contribution >= 4 is 28.3 Å².